The van der Waals surface area contributed by atoms with E-state index < -0.39 is 5.82 Å². The first kappa shape index (κ1) is 20.2. The molecule has 1 aromatic carbocycles. The number of likely N-dealkylation sites (tertiary alicyclic amines) is 1. The molecule has 23 heavy (non-hydrogen) atoms. The van der Waals surface area contributed by atoms with Crippen LogP contribution in [0.4, 0.5) is 4.39 Å². The first-order valence-electron chi connectivity index (χ1n) is 7.64. The molecule has 0 unspecified atom stereocenters. The van der Waals surface area contributed by atoms with Crippen molar-refractivity contribution in [1.29, 1.82) is 0 Å². The van der Waals surface area contributed by atoms with Gasteiger partial charge in [-0.3, -0.25) is 4.79 Å². The first-order valence-corrected chi connectivity index (χ1v) is 8.02. The molecule has 1 heterocycles. The zero-order chi connectivity index (χ0) is 15.9. The number of nitrogens with zero attached hydrogens (tertiary/aromatic N) is 1. The van der Waals surface area contributed by atoms with Crippen LogP contribution >= 0.6 is 24.0 Å². The van der Waals surface area contributed by atoms with Crippen LogP contribution in [0.2, 0.25) is 5.02 Å². The Morgan fingerprint density at radius 2 is 2.09 bits per heavy atom. The lowest BCUT2D eigenvalue weighted by Crippen LogP contribution is -2.41. The summed E-state index contributed by atoms with van der Waals surface area (Å²) in [6.07, 6.45) is 2.66. The van der Waals surface area contributed by atoms with Gasteiger partial charge in [0.2, 0.25) is 5.91 Å². The van der Waals surface area contributed by atoms with Crippen molar-refractivity contribution in [1.82, 2.24) is 4.90 Å². The maximum absolute atomic E-state index is 13.7. The zero-order valence-electron chi connectivity index (χ0n) is 13.0. The fourth-order valence-corrected chi connectivity index (χ4v) is 2.80. The Hall–Kier alpha value is -0.880. The number of carbonyl (C=O) groups excluding carboxylic acids is 1. The number of rotatable bonds is 6. The molecule has 1 aliphatic rings. The zero-order valence-corrected chi connectivity index (χ0v) is 14.5. The lowest BCUT2D eigenvalue weighted by Gasteiger charge is -2.32. The van der Waals surface area contributed by atoms with E-state index >= 15 is 0 Å². The second-order valence-electron chi connectivity index (χ2n) is 5.47. The molecule has 4 nitrogen and oxygen atoms in total. The van der Waals surface area contributed by atoms with Gasteiger partial charge in [-0.2, -0.15) is 0 Å². The van der Waals surface area contributed by atoms with Crippen molar-refractivity contribution in [2.75, 3.05) is 26.2 Å². The second-order valence-corrected chi connectivity index (χ2v) is 5.88. The summed E-state index contributed by atoms with van der Waals surface area (Å²) >= 11 is 5.97. The number of amides is 1. The maximum Gasteiger partial charge on any atom is 0.227 e. The highest BCUT2D eigenvalue weighted by atomic mass is 35.5. The lowest BCUT2D eigenvalue weighted by atomic mass is 10.1. The first-order chi connectivity index (χ1) is 10.6. The van der Waals surface area contributed by atoms with E-state index in [9.17, 15) is 9.18 Å². The van der Waals surface area contributed by atoms with Crippen LogP contribution in [-0.4, -0.2) is 43.2 Å². The van der Waals surface area contributed by atoms with Gasteiger partial charge >= 0.3 is 0 Å². The lowest BCUT2D eigenvalue weighted by molar-refractivity contribution is -0.133. The Morgan fingerprint density at radius 3 is 2.70 bits per heavy atom. The largest absolute Gasteiger partial charge is 0.378 e. The Morgan fingerprint density at radius 1 is 1.39 bits per heavy atom. The van der Waals surface area contributed by atoms with Crippen LogP contribution in [0.25, 0.3) is 0 Å². The summed E-state index contributed by atoms with van der Waals surface area (Å²) in [5.74, 6) is -0.520. The van der Waals surface area contributed by atoms with Crippen LogP contribution < -0.4 is 5.73 Å². The van der Waals surface area contributed by atoms with E-state index in [0.29, 0.717) is 31.3 Å². The summed E-state index contributed by atoms with van der Waals surface area (Å²) in [7, 11) is 0. The van der Waals surface area contributed by atoms with E-state index in [0.717, 1.165) is 19.3 Å². The fourth-order valence-electron chi connectivity index (χ4n) is 2.57. The van der Waals surface area contributed by atoms with Crippen molar-refractivity contribution in [2.45, 2.75) is 31.8 Å². The topological polar surface area (TPSA) is 55.6 Å². The van der Waals surface area contributed by atoms with Crippen LogP contribution in [0, 0.1) is 5.82 Å². The summed E-state index contributed by atoms with van der Waals surface area (Å²) in [5.41, 5.74) is 5.70. The molecule has 0 saturated carbocycles. The van der Waals surface area contributed by atoms with Crippen molar-refractivity contribution in [2.24, 2.45) is 5.73 Å². The van der Waals surface area contributed by atoms with E-state index in [-0.39, 0.29) is 36.4 Å². The predicted molar refractivity (Wildman–Crippen MR) is 91.6 cm³/mol. The molecular weight excluding hydrogens is 342 g/mol. The highest BCUT2D eigenvalue weighted by molar-refractivity contribution is 6.31. The van der Waals surface area contributed by atoms with Crippen LogP contribution in [0.15, 0.2) is 18.2 Å². The smallest absolute Gasteiger partial charge is 0.227 e. The second kappa shape index (κ2) is 10.1. The highest BCUT2D eigenvalue weighted by Crippen LogP contribution is 2.21. The normalized spacial score (nSPS) is 15.3. The average Bonchev–Trinajstić information content (AvgIpc) is 2.52. The monoisotopic (exact) mass is 364 g/mol. The SMILES string of the molecule is Cl.NCCCOC1CCN(C(=O)Cc2c(F)cccc2Cl)CC1. The molecule has 1 aliphatic heterocycles. The van der Waals surface area contributed by atoms with Gasteiger partial charge in [0, 0.05) is 30.3 Å². The number of halogens is 3. The van der Waals surface area contributed by atoms with E-state index in [1.54, 1.807) is 11.0 Å². The number of hydrogen-bond acceptors (Lipinski definition) is 3. The van der Waals surface area contributed by atoms with Gasteiger partial charge in [-0.1, -0.05) is 17.7 Å². The molecule has 0 spiro atoms. The van der Waals surface area contributed by atoms with Gasteiger partial charge in [0.15, 0.2) is 0 Å². The molecule has 1 aromatic rings. The average molecular weight is 365 g/mol. The number of hydrogen-bond donors (Lipinski definition) is 1. The van der Waals surface area contributed by atoms with Gasteiger partial charge in [0.25, 0.3) is 0 Å². The Balaban J connectivity index is 0.00000264. The van der Waals surface area contributed by atoms with Crippen molar-refractivity contribution in [3.05, 3.63) is 34.6 Å². The minimum Gasteiger partial charge on any atom is -0.378 e. The minimum absolute atomic E-state index is 0. The molecule has 2 rings (SSSR count). The summed E-state index contributed by atoms with van der Waals surface area (Å²) in [4.78, 5) is 14.0. The van der Waals surface area contributed by atoms with Crippen LogP contribution in [0.5, 0.6) is 0 Å². The van der Waals surface area contributed by atoms with Crippen LogP contribution in [0.1, 0.15) is 24.8 Å². The summed E-state index contributed by atoms with van der Waals surface area (Å²) in [6.45, 7) is 2.57. The number of ether oxygens (including phenoxy) is 1. The van der Waals surface area contributed by atoms with Crippen LogP contribution in [-0.2, 0) is 16.0 Å². The predicted octanol–water partition coefficient (Wildman–Crippen LogP) is 2.80. The van der Waals surface area contributed by atoms with Crippen molar-refractivity contribution < 1.29 is 13.9 Å². The number of benzene rings is 1. The molecule has 0 atom stereocenters. The van der Waals surface area contributed by atoms with Gasteiger partial charge in [-0.15, -0.1) is 12.4 Å². The molecule has 0 radical (unpaired) electrons. The molecule has 7 heteroatoms. The Labute approximate surface area is 147 Å². The summed E-state index contributed by atoms with van der Waals surface area (Å²) < 4.78 is 19.4. The van der Waals surface area contributed by atoms with Gasteiger partial charge in [0.05, 0.1) is 12.5 Å². The molecule has 1 amide bonds. The maximum atomic E-state index is 13.7. The molecule has 0 bridgehead atoms. The standard InChI is InChI=1S/C16H22ClFN2O2.ClH/c17-14-3-1-4-15(18)13(14)11-16(21)20-8-5-12(6-9-20)22-10-2-7-19;/h1,3-4,12H,2,5-11,19H2;1H. The molecular formula is C16H23Cl2FN2O2. The Kier molecular flexibility index (Phi) is 8.84. The molecule has 1 fully saturated rings. The number of piperidine rings is 1. The highest BCUT2D eigenvalue weighted by Gasteiger charge is 2.24. The third-order valence-electron chi connectivity index (χ3n) is 3.89. The summed E-state index contributed by atoms with van der Waals surface area (Å²) in [5, 5.41) is 0.299. The molecule has 130 valence electrons. The molecule has 2 N–H and O–H groups in total. The van der Waals surface area contributed by atoms with E-state index in [1.807, 2.05) is 0 Å². The number of carbonyl (C=O) groups is 1. The van der Waals surface area contributed by atoms with Crippen molar-refractivity contribution >= 4 is 29.9 Å². The summed E-state index contributed by atoms with van der Waals surface area (Å²) in [6, 6.07) is 4.46. The van der Waals surface area contributed by atoms with E-state index in [1.165, 1.54) is 12.1 Å². The van der Waals surface area contributed by atoms with E-state index in [2.05, 4.69) is 0 Å². The van der Waals surface area contributed by atoms with Crippen molar-refractivity contribution in [3.8, 4) is 0 Å². The fraction of sp³-hybridized carbons (Fsp3) is 0.562. The molecule has 0 aromatic heterocycles. The quantitative estimate of drug-likeness (QED) is 0.789. The Bertz CT molecular complexity index is 489. The minimum atomic E-state index is -0.430. The third kappa shape index (κ3) is 5.92. The molecule has 0 aliphatic carbocycles. The van der Waals surface area contributed by atoms with Gasteiger partial charge in [0.1, 0.15) is 5.82 Å². The van der Waals surface area contributed by atoms with Gasteiger partial charge in [-0.05, 0) is 37.9 Å². The van der Waals surface area contributed by atoms with E-state index in [4.69, 9.17) is 22.1 Å². The van der Waals surface area contributed by atoms with Crippen LogP contribution in [0.3, 0.4) is 0 Å². The van der Waals surface area contributed by atoms with Gasteiger partial charge in [-0.25, -0.2) is 4.39 Å². The van der Waals surface area contributed by atoms with Gasteiger partial charge < -0.3 is 15.4 Å². The van der Waals surface area contributed by atoms with Crippen molar-refractivity contribution in [3.63, 3.8) is 0 Å². The third-order valence-corrected chi connectivity index (χ3v) is 4.24. The number of nitrogens with two attached hydrogens (primary N) is 1. The molecule has 1 saturated heterocycles.